The molecule has 172 valence electrons. The van der Waals surface area contributed by atoms with Crippen LogP contribution < -0.4 is 10.6 Å². The monoisotopic (exact) mass is 474 g/mol. The number of thioether (sulfide) groups is 1. The second kappa shape index (κ2) is 9.93. The number of ketones is 1. The first-order chi connectivity index (χ1) is 16.3. The lowest BCUT2D eigenvalue weighted by Crippen LogP contribution is -2.31. The van der Waals surface area contributed by atoms with Gasteiger partial charge < -0.3 is 10.5 Å². The zero-order chi connectivity index (χ0) is 24.2. The average Bonchev–Trinajstić information content (AvgIpc) is 3.11. The predicted octanol–water partition coefficient (Wildman–Crippen LogP) is 4.04. The Morgan fingerprint density at radius 3 is 2.21 bits per heavy atom. The number of hydrogen-bond acceptors (Lipinski definition) is 7. The summed E-state index contributed by atoms with van der Waals surface area (Å²) in [5.41, 5.74) is 8.40. The molecule has 0 spiro atoms. The fourth-order valence-electron chi connectivity index (χ4n) is 3.46. The third-order valence-electron chi connectivity index (χ3n) is 5.33. The van der Waals surface area contributed by atoms with Crippen LogP contribution in [0.4, 0.5) is 11.4 Å². The molecule has 1 unspecified atom stereocenters. The number of amides is 2. The molecule has 0 aromatic heterocycles. The highest BCUT2D eigenvalue weighted by molar-refractivity contribution is 8.00. The third kappa shape index (κ3) is 5.18. The lowest BCUT2D eigenvalue weighted by molar-refractivity contribution is -0.121. The molecule has 1 aliphatic heterocycles. The highest BCUT2D eigenvalue weighted by atomic mass is 32.2. The van der Waals surface area contributed by atoms with Gasteiger partial charge in [-0.2, -0.15) is 0 Å². The first kappa shape index (κ1) is 23.3. The highest BCUT2D eigenvalue weighted by Gasteiger charge is 2.40. The van der Waals surface area contributed by atoms with Crippen LogP contribution in [0.1, 0.15) is 32.7 Å². The number of anilines is 2. The molecule has 4 rings (SSSR count). The molecule has 3 aromatic rings. The zero-order valence-electron chi connectivity index (χ0n) is 18.4. The van der Waals surface area contributed by atoms with E-state index in [2.05, 4.69) is 0 Å². The lowest BCUT2D eigenvalue weighted by atomic mass is 10.1. The molecule has 1 aliphatic rings. The quantitative estimate of drug-likeness (QED) is 0.238. The molecular weight excluding hydrogens is 452 g/mol. The Hall–Kier alpha value is -3.91. The van der Waals surface area contributed by atoms with E-state index >= 15 is 0 Å². The maximum Gasteiger partial charge on any atom is 0.338 e. The average molecular weight is 475 g/mol. The molecule has 0 bridgehead atoms. The van der Waals surface area contributed by atoms with Gasteiger partial charge in [0.1, 0.15) is 0 Å². The molecule has 0 aliphatic carbocycles. The Bertz CT molecular complexity index is 1240. The molecule has 0 radical (unpaired) electrons. The van der Waals surface area contributed by atoms with Gasteiger partial charge in [0, 0.05) is 22.6 Å². The molecule has 1 fully saturated rings. The Labute approximate surface area is 200 Å². The molecule has 0 saturated carbocycles. The normalized spacial score (nSPS) is 15.4. The lowest BCUT2D eigenvalue weighted by Gasteiger charge is -2.15. The molecule has 1 saturated heterocycles. The maximum atomic E-state index is 12.9. The molecule has 3 aromatic carbocycles. The Morgan fingerprint density at radius 2 is 1.56 bits per heavy atom. The van der Waals surface area contributed by atoms with E-state index in [1.54, 1.807) is 24.3 Å². The molecular formula is C26H22N2O5S. The van der Waals surface area contributed by atoms with Crippen molar-refractivity contribution >= 4 is 46.7 Å². The van der Waals surface area contributed by atoms with Gasteiger partial charge in [0.05, 0.1) is 16.5 Å². The van der Waals surface area contributed by atoms with E-state index in [0.717, 1.165) is 15.4 Å². The number of benzene rings is 3. The van der Waals surface area contributed by atoms with Crippen LogP contribution in [0.5, 0.6) is 0 Å². The van der Waals surface area contributed by atoms with E-state index in [9.17, 15) is 19.2 Å². The summed E-state index contributed by atoms with van der Waals surface area (Å²) in [5.74, 6) is -1.59. The molecule has 34 heavy (non-hydrogen) atoms. The standard InChI is InChI=1S/C26H22N2O5S/c1-16-2-4-17(5-3-16)22(29)15-33-26(32)18-6-10-20(11-7-18)28-24(30)14-23(25(28)31)34-21-12-8-19(27)9-13-21/h2-13,23H,14-15,27H2,1H3. The fourth-order valence-corrected chi connectivity index (χ4v) is 4.52. The van der Waals surface area contributed by atoms with Crippen LogP contribution in [0, 0.1) is 6.92 Å². The van der Waals surface area contributed by atoms with Gasteiger partial charge >= 0.3 is 5.97 Å². The molecule has 2 N–H and O–H groups in total. The second-order valence-electron chi connectivity index (χ2n) is 7.86. The number of nitrogens with two attached hydrogens (primary N) is 1. The summed E-state index contributed by atoms with van der Waals surface area (Å²) >= 11 is 1.31. The number of nitrogens with zero attached hydrogens (tertiary/aromatic N) is 1. The van der Waals surface area contributed by atoms with Gasteiger partial charge in [0.15, 0.2) is 12.4 Å². The van der Waals surface area contributed by atoms with E-state index in [4.69, 9.17) is 10.5 Å². The number of rotatable bonds is 7. The van der Waals surface area contributed by atoms with Crippen molar-refractivity contribution in [2.24, 2.45) is 0 Å². The van der Waals surface area contributed by atoms with Gasteiger partial charge in [-0.3, -0.25) is 14.4 Å². The number of esters is 1. The van der Waals surface area contributed by atoms with Crippen molar-refractivity contribution in [1.82, 2.24) is 0 Å². The number of hydrogen-bond donors (Lipinski definition) is 1. The number of imide groups is 1. The summed E-state index contributed by atoms with van der Waals surface area (Å²) in [4.78, 5) is 51.9. The van der Waals surface area contributed by atoms with Gasteiger partial charge in [0.25, 0.3) is 0 Å². The summed E-state index contributed by atoms with van der Waals surface area (Å²) in [7, 11) is 0. The van der Waals surface area contributed by atoms with Crippen LogP contribution in [0.25, 0.3) is 0 Å². The van der Waals surface area contributed by atoms with Crippen molar-refractivity contribution in [2.45, 2.75) is 23.5 Å². The SMILES string of the molecule is Cc1ccc(C(=O)COC(=O)c2ccc(N3C(=O)CC(Sc4ccc(N)cc4)C3=O)cc2)cc1. The Balaban J connectivity index is 1.37. The predicted molar refractivity (Wildman–Crippen MR) is 130 cm³/mol. The van der Waals surface area contributed by atoms with Crippen LogP contribution in [-0.2, 0) is 14.3 Å². The molecule has 7 nitrogen and oxygen atoms in total. The minimum atomic E-state index is -0.664. The van der Waals surface area contributed by atoms with Gasteiger partial charge in [-0.1, -0.05) is 29.8 Å². The van der Waals surface area contributed by atoms with E-state index < -0.39 is 11.2 Å². The van der Waals surface area contributed by atoms with E-state index in [0.29, 0.717) is 16.9 Å². The number of carbonyl (C=O) groups is 4. The van der Waals surface area contributed by atoms with Crippen molar-refractivity contribution < 1.29 is 23.9 Å². The number of ether oxygens (including phenoxy) is 1. The van der Waals surface area contributed by atoms with Crippen LogP contribution in [0.3, 0.4) is 0 Å². The molecule has 2 amide bonds. The van der Waals surface area contributed by atoms with Gasteiger partial charge in [0.2, 0.25) is 11.8 Å². The van der Waals surface area contributed by atoms with Crippen LogP contribution in [0.2, 0.25) is 0 Å². The summed E-state index contributed by atoms with van der Waals surface area (Å²) in [6, 6.07) is 20.1. The van der Waals surface area contributed by atoms with Crippen LogP contribution >= 0.6 is 11.8 Å². The highest BCUT2D eigenvalue weighted by Crippen LogP contribution is 2.34. The summed E-state index contributed by atoms with van der Waals surface area (Å²) < 4.78 is 5.13. The largest absolute Gasteiger partial charge is 0.454 e. The minimum absolute atomic E-state index is 0.0821. The second-order valence-corrected chi connectivity index (χ2v) is 9.14. The van der Waals surface area contributed by atoms with Crippen molar-refractivity contribution in [3.63, 3.8) is 0 Å². The van der Waals surface area contributed by atoms with Gasteiger partial charge in [-0.15, -0.1) is 11.8 Å². The zero-order valence-corrected chi connectivity index (χ0v) is 19.2. The van der Waals surface area contributed by atoms with E-state index in [-0.39, 0.29) is 36.2 Å². The van der Waals surface area contributed by atoms with Crippen molar-refractivity contribution in [1.29, 1.82) is 0 Å². The van der Waals surface area contributed by atoms with Crippen LogP contribution in [0.15, 0.2) is 77.7 Å². The molecule has 1 heterocycles. The first-order valence-electron chi connectivity index (χ1n) is 10.6. The Kier molecular flexibility index (Phi) is 6.79. The number of Topliss-reactive ketones (excluding diaryl/α,β-unsaturated/α-hetero) is 1. The van der Waals surface area contributed by atoms with Crippen LogP contribution in [-0.4, -0.2) is 35.4 Å². The van der Waals surface area contributed by atoms with Gasteiger partial charge in [-0.05, 0) is 55.5 Å². The maximum absolute atomic E-state index is 12.9. The smallest absolute Gasteiger partial charge is 0.338 e. The fraction of sp³-hybridized carbons (Fsp3) is 0.154. The molecule has 8 heteroatoms. The van der Waals surface area contributed by atoms with E-state index in [1.165, 1.54) is 36.0 Å². The third-order valence-corrected chi connectivity index (χ3v) is 6.53. The van der Waals surface area contributed by atoms with Crippen molar-refractivity contribution in [2.75, 3.05) is 17.2 Å². The first-order valence-corrected chi connectivity index (χ1v) is 11.5. The van der Waals surface area contributed by atoms with Gasteiger partial charge in [-0.25, -0.2) is 9.69 Å². The summed E-state index contributed by atoms with van der Waals surface area (Å²) in [6.07, 6.45) is 0.0821. The van der Waals surface area contributed by atoms with Crippen molar-refractivity contribution in [3.8, 4) is 0 Å². The van der Waals surface area contributed by atoms with Crippen molar-refractivity contribution in [3.05, 3.63) is 89.5 Å². The number of carbonyl (C=O) groups excluding carboxylic acids is 4. The minimum Gasteiger partial charge on any atom is -0.454 e. The molecule has 1 atom stereocenters. The Morgan fingerprint density at radius 1 is 0.941 bits per heavy atom. The topological polar surface area (TPSA) is 107 Å². The number of nitrogen functional groups attached to an aromatic ring is 1. The summed E-state index contributed by atoms with van der Waals surface area (Å²) in [5, 5.41) is -0.534. The summed E-state index contributed by atoms with van der Waals surface area (Å²) in [6.45, 7) is 1.54. The number of aryl methyl sites for hydroxylation is 1. The van der Waals surface area contributed by atoms with E-state index in [1.807, 2.05) is 31.2 Å².